The van der Waals surface area contributed by atoms with Crippen molar-refractivity contribution in [2.24, 2.45) is 0 Å². The summed E-state index contributed by atoms with van der Waals surface area (Å²) in [6, 6.07) is 75.6. The van der Waals surface area contributed by atoms with Crippen molar-refractivity contribution in [3.8, 4) is 45.5 Å². The van der Waals surface area contributed by atoms with Crippen molar-refractivity contribution < 1.29 is 0 Å². The van der Waals surface area contributed by atoms with Gasteiger partial charge in [-0.25, -0.2) is 15.0 Å². The van der Waals surface area contributed by atoms with Gasteiger partial charge in [0.25, 0.3) is 0 Å². The molecule has 5 heteroatoms. The Hall–Kier alpha value is -8.41. The highest BCUT2D eigenvalue weighted by Crippen LogP contribution is 2.45. The highest BCUT2D eigenvalue weighted by molar-refractivity contribution is 6.22. The molecule has 0 atom stereocenters. The fourth-order valence-corrected chi connectivity index (χ4v) is 9.86. The molecule has 0 fully saturated rings. The lowest BCUT2D eigenvalue weighted by molar-refractivity contribution is 1.07. The third-order valence-electron chi connectivity index (χ3n) is 12.5. The number of fused-ring (bicyclic) bond motifs is 9. The van der Waals surface area contributed by atoms with E-state index < -0.39 is 0 Å². The molecular formula is C57H35N5. The van der Waals surface area contributed by atoms with Gasteiger partial charge in [-0.3, -0.25) is 0 Å². The summed E-state index contributed by atoms with van der Waals surface area (Å²) in [5, 5.41) is 11.6. The van der Waals surface area contributed by atoms with E-state index in [9.17, 15) is 0 Å². The van der Waals surface area contributed by atoms with E-state index >= 15 is 0 Å². The van der Waals surface area contributed by atoms with Gasteiger partial charge >= 0.3 is 0 Å². The zero-order chi connectivity index (χ0) is 40.7. The van der Waals surface area contributed by atoms with Gasteiger partial charge in [0.1, 0.15) is 0 Å². The van der Waals surface area contributed by atoms with Gasteiger partial charge in [0, 0.05) is 43.6 Å². The lowest BCUT2D eigenvalue weighted by Crippen LogP contribution is -2.04. The average Bonchev–Trinajstić information content (AvgIpc) is 3.85. The number of nitrogens with zero attached hydrogens (tertiary/aromatic N) is 5. The van der Waals surface area contributed by atoms with Crippen molar-refractivity contribution in [1.29, 1.82) is 0 Å². The van der Waals surface area contributed by atoms with Crippen molar-refractivity contribution in [1.82, 2.24) is 24.1 Å². The number of benzene rings is 10. The van der Waals surface area contributed by atoms with Gasteiger partial charge in [-0.05, 0) is 63.3 Å². The molecule has 0 radical (unpaired) electrons. The predicted molar refractivity (Wildman–Crippen MR) is 257 cm³/mol. The monoisotopic (exact) mass is 789 g/mol. The molecule has 3 aromatic heterocycles. The molecule has 0 aliphatic rings. The minimum Gasteiger partial charge on any atom is -0.308 e. The van der Waals surface area contributed by atoms with Crippen LogP contribution in [0.5, 0.6) is 0 Å². The molecule has 10 aromatic carbocycles. The minimum atomic E-state index is 0.607. The second-order valence-corrected chi connectivity index (χ2v) is 15.9. The fraction of sp³-hybridized carbons (Fsp3) is 0. The molecule has 0 aliphatic carbocycles. The number of hydrogen-bond acceptors (Lipinski definition) is 3. The Labute approximate surface area is 356 Å². The van der Waals surface area contributed by atoms with Crippen LogP contribution in [0, 0.1) is 0 Å². The molecule has 3 heterocycles. The quantitative estimate of drug-likeness (QED) is 0.174. The maximum absolute atomic E-state index is 5.40. The Bertz CT molecular complexity index is 3790. The molecule has 13 rings (SSSR count). The highest BCUT2D eigenvalue weighted by Gasteiger charge is 2.24. The van der Waals surface area contributed by atoms with E-state index in [0.717, 1.165) is 60.3 Å². The van der Waals surface area contributed by atoms with Crippen LogP contribution in [0.3, 0.4) is 0 Å². The summed E-state index contributed by atoms with van der Waals surface area (Å²) in [4.78, 5) is 16.1. The van der Waals surface area contributed by atoms with E-state index in [0.29, 0.717) is 17.5 Å². The standard InChI is InChI=1S/C57H35N5/c1-4-22-39-36(17-1)20-15-29-44(39)55-58-56(45-30-16-21-37-18-2-5-23-40(37)45)60-57(59-55)47-28-10-14-34-51(47)61-50-33-13-9-27-46(50)53-52(61)35-38-19-3-6-24-41(38)54(53)62-48-31-11-7-25-42(48)43-26-8-12-32-49(43)62/h1-35H. The van der Waals surface area contributed by atoms with E-state index in [-0.39, 0.29) is 0 Å². The first kappa shape index (κ1) is 34.5. The summed E-state index contributed by atoms with van der Waals surface area (Å²) in [5.41, 5.74) is 9.55. The molecule has 62 heavy (non-hydrogen) atoms. The molecule has 0 saturated heterocycles. The summed E-state index contributed by atoms with van der Waals surface area (Å²) in [6.07, 6.45) is 0. The summed E-state index contributed by atoms with van der Waals surface area (Å²) < 4.78 is 4.90. The zero-order valence-corrected chi connectivity index (χ0v) is 33.4. The van der Waals surface area contributed by atoms with E-state index in [2.05, 4.69) is 221 Å². The van der Waals surface area contributed by atoms with Gasteiger partial charge in [0.15, 0.2) is 17.5 Å². The van der Waals surface area contributed by atoms with Crippen molar-refractivity contribution >= 4 is 75.9 Å². The van der Waals surface area contributed by atoms with E-state index in [1.165, 1.54) is 43.7 Å². The minimum absolute atomic E-state index is 0.607. The molecule has 0 N–H and O–H groups in total. The van der Waals surface area contributed by atoms with E-state index in [1.807, 2.05) is 0 Å². The predicted octanol–water partition coefficient (Wildman–Crippen LogP) is 14.5. The fourth-order valence-electron chi connectivity index (χ4n) is 9.86. The van der Waals surface area contributed by atoms with Gasteiger partial charge in [0.2, 0.25) is 0 Å². The molecule has 0 amide bonds. The third kappa shape index (κ3) is 5.12. The number of para-hydroxylation sites is 4. The molecular weight excluding hydrogens is 755 g/mol. The van der Waals surface area contributed by atoms with E-state index in [4.69, 9.17) is 15.0 Å². The lowest BCUT2D eigenvalue weighted by Gasteiger charge is -2.17. The molecule has 288 valence electrons. The number of rotatable bonds is 5. The summed E-state index contributed by atoms with van der Waals surface area (Å²) in [6.45, 7) is 0. The van der Waals surface area contributed by atoms with E-state index in [1.54, 1.807) is 0 Å². The van der Waals surface area contributed by atoms with Gasteiger partial charge in [0.05, 0.1) is 33.4 Å². The molecule has 0 saturated carbocycles. The van der Waals surface area contributed by atoms with Gasteiger partial charge < -0.3 is 9.13 Å². The zero-order valence-electron chi connectivity index (χ0n) is 33.4. The topological polar surface area (TPSA) is 48.5 Å². The average molecular weight is 790 g/mol. The summed E-state index contributed by atoms with van der Waals surface area (Å²) >= 11 is 0. The van der Waals surface area contributed by atoms with Crippen LogP contribution in [-0.2, 0) is 0 Å². The Balaban J connectivity index is 1.14. The summed E-state index contributed by atoms with van der Waals surface area (Å²) in [7, 11) is 0. The Morgan fingerprint density at radius 1 is 0.274 bits per heavy atom. The van der Waals surface area contributed by atoms with Crippen LogP contribution in [0.15, 0.2) is 212 Å². The van der Waals surface area contributed by atoms with Gasteiger partial charge in [-0.15, -0.1) is 0 Å². The van der Waals surface area contributed by atoms with Crippen LogP contribution in [0.1, 0.15) is 0 Å². The van der Waals surface area contributed by atoms with Crippen molar-refractivity contribution in [2.45, 2.75) is 0 Å². The lowest BCUT2D eigenvalue weighted by atomic mass is 10.0. The first-order valence-corrected chi connectivity index (χ1v) is 21.0. The smallest absolute Gasteiger partial charge is 0.166 e. The largest absolute Gasteiger partial charge is 0.308 e. The molecule has 0 bridgehead atoms. The van der Waals surface area contributed by atoms with Gasteiger partial charge in [-0.2, -0.15) is 0 Å². The molecule has 13 aromatic rings. The molecule has 5 nitrogen and oxygen atoms in total. The van der Waals surface area contributed by atoms with Gasteiger partial charge in [-0.1, -0.05) is 176 Å². The Morgan fingerprint density at radius 2 is 0.677 bits per heavy atom. The SMILES string of the molecule is c1ccc(-n2c3ccccc3c3c(-n4c5ccccc5c5ccccc54)c4ccccc4cc32)c(-c2nc(-c3cccc4ccccc34)nc(-c3cccc4ccccc34)n2)c1. The Morgan fingerprint density at radius 3 is 1.27 bits per heavy atom. The third-order valence-corrected chi connectivity index (χ3v) is 12.5. The van der Waals surface area contributed by atoms with Crippen molar-refractivity contribution in [2.75, 3.05) is 0 Å². The normalized spacial score (nSPS) is 11.9. The molecule has 0 unspecified atom stereocenters. The van der Waals surface area contributed by atoms with Crippen LogP contribution in [-0.4, -0.2) is 24.1 Å². The summed E-state index contributed by atoms with van der Waals surface area (Å²) in [5.74, 6) is 1.87. The molecule has 0 aliphatic heterocycles. The van der Waals surface area contributed by atoms with Crippen LogP contribution < -0.4 is 0 Å². The maximum Gasteiger partial charge on any atom is 0.166 e. The second kappa shape index (κ2) is 13.6. The van der Waals surface area contributed by atoms with Crippen molar-refractivity contribution in [3.05, 3.63) is 212 Å². The number of hydrogen-bond donors (Lipinski definition) is 0. The second-order valence-electron chi connectivity index (χ2n) is 15.9. The van der Waals surface area contributed by atoms with Crippen molar-refractivity contribution in [3.63, 3.8) is 0 Å². The van der Waals surface area contributed by atoms with Crippen LogP contribution in [0.4, 0.5) is 0 Å². The highest BCUT2D eigenvalue weighted by atomic mass is 15.1. The molecule has 0 spiro atoms. The van der Waals surface area contributed by atoms with Crippen LogP contribution in [0.25, 0.3) is 121 Å². The number of aromatic nitrogens is 5. The Kier molecular flexibility index (Phi) is 7.54. The first-order chi connectivity index (χ1) is 30.8. The van der Waals surface area contributed by atoms with Crippen LogP contribution in [0.2, 0.25) is 0 Å². The first-order valence-electron chi connectivity index (χ1n) is 21.0. The van der Waals surface area contributed by atoms with Crippen LogP contribution >= 0.6 is 0 Å². The maximum atomic E-state index is 5.40.